The number of nitrogens with one attached hydrogen (secondary N) is 1. The minimum atomic E-state index is -0.166. The number of allylic oxidation sites excluding steroid dienone is 2. The number of anilines is 1. The van der Waals surface area contributed by atoms with Crippen LogP contribution >= 0.6 is 0 Å². The molecule has 0 fully saturated rings. The number of rotatable bonds is 1. The Labute approximate surface area is 140 Å². The fraction of sp³-hybridized carbons (Fsp3) is 0.182. The van der Waals surface area contributed by atoms with E-state index >= 15 is 0 Å². The van der Waals surface area contributed by atoms with Crippen molar-refractivity contribution >= 4 is 16.5 Å². The van der Waals surface area contributed by atoms with E-state index in [9.17, 15) is 4.39 Å². The lowest BCUT2D eigenvalue weighted by atomic mass is 9.76. The van der Waals surface area contributed by atoms with E-state index in [-0.39, 0.29) is 11.9 Å². The number of hydrogen-bond acceptors (Lipinski definition) is 1. The molecule has 0 aromatic heterocycles. The summed E-state index contributed by atoms with van der Waals surface area (Å²) >= 11 is 0. The maximum Gasteiger partial charge on any atom is 0.123 e. The van der Waals surface area contributed by atoms with Crippen LogP contribution in [0.25, 0.3) is 10.8 Å². The Balaban J connectivity index is 1.71. The van der Waals surface area contributed by atoms with Crippen LogP contribution < -0.4 is 5.32 Å². The van der Waals surface area contributed by atoms with Crippen molar-refractivity contribution in [1.29, 1.82) is 0 Å². The Hall–Kier alpha value is -2.61. The second-order valence-electron chi connectivity index (χ2n) is 6.78. The fourth-order valence-corrected chi connectivity index (χ4v) is 4.37. The zero-order chi connectivity index (χ0) is 16.1. The minimum Gasteiger partial charge on any atom is -0.377 e. The van der Waals surface area contributed by atoms with Crippen molar-refractivity contribution in [1.82, 2.24) is 0 Å². The fourth-order valence-electron chi connectivity index (χ4n) is 4.37. The molecule has 3 aromatic carbocycles. The zero-order valence-corrected chi connectivity index (χ0v) is 13.2. The topological polar surface area (TPSA) is 12.0 Å². The Kier molecular flexibility index (Phi) is 2.99. The second-order valence-corrected chi connectivity index (χ2v) is 6.78. The first-order valence-electron chi connectivity index (χ1n) is 8.51. The zero-order valence-electron chi connectivity index (χ0n) is 13.2. The summed E-state index contributed by atoms with van der Waals surface area (Å²) in [5.41, 5.74) is 3.60. The normalized spacial score (nSPS) is 24.5. The summed E-state index contributed by atoms with van der Waals surface area (Å²) in [7, 11) is 0. The molecule has 0 amide bonds. The Bertz CT molecular complexity index is 959. The van der Waals surface area contributed by atoms with E-state index in [0.717, 1.165) is 12.0 Å². The molecule has 0 saturated carbocycles. The molecule has 118 valence electrons. The molecule has 2 aliphatic rings. The van der Waals surface area contributed by atoms with E-state index in [1.54, 1.807) is 6.07 Å². The predicted octanol–water partition coefficient (Wildman–Crippen LogP) is 5.81. The van der Waals surface area contributed by atoms with Crippen molar-refractivity contribution in [3.05, 3.63) is 89.8 Å². The van der Waals surface area contributed by atoms with E-state index in [0.29, 0.717) is 11.8 Å². The molecule has 1 nitrogen and oxygen atoms in total. The summed E-state index contributed by atoms with van der Waals surface area (Å²) in [4.78, 5) is 0. The summed E-state index contributed by atoms with van der Waals surface area (Å²) in [6, 6.07) is 20.1. The van der Waals surface area contributed by atoms with E-state index in [2.05, 4.69) is 53.9 Å². The number of halogens is 1. The number of fused-ring (bicyclic) bond motifs is 5. The van der Waals surface area contributed by atoms with Gasteiger partial charge in [0.05, 0.1) is 6.04 Å². The molecule has 0 radical (unpaired) electrons. The third kappa shape index (κ3) is 1.99. The standard InChI is InChI=1S/C22H18FN/c23-16-7-3-6-15(13-16)21-19-10-4-9-18(19)20-12-11-14-5-1-2-8-17(14)22(20)24-21/h1-9,11-13,18-19,21,24H,10H2/t18-,19-,21+/m1/s1. The molecule has 24 heavy (non-hydrogen) atoms. The van der Waals surface area contributed by atoms with Crippen LogP contribution in [-0.4, -0.2) is 0 Å². The van der Waals surface area contributed by atoms with E-state index in [1.807, 2.05) is 12.1 Å². The molecule has 0 unspecified atom stereocenters. The quantitative estimate of drug-likeness (QED) is 0.559. The predicted molar refractivity (Wildman–Crippen MR) is 96.7 cm³/mol. The van der Waals surface area contributed by atoms with Crippen LogP contribution in [0.5, 0.6) is 0 Å². The maximum atomic E-state index is 13.8. The summed E-state index contributed by atoms with van der Waals surface area (Å²) < 4.78 is 13.8. The van der Waals surface area contributed by atoms with Crippen molar-refractivity contribution in [2.75, 3.05) is 5.32 Å². The maximum absolute atomic E-state index is 13.8. The van der Waals surface area contributed by atoms with Gasteiger partial charge in [-0.25, -0.2) is 4.39 Å². The lowest BCUT2D eigenvalue weighted by molar-refractivity contribution is 0.425. The highest BCUT2D eigenvalue weighted by molar-refractivity contribution is 5.96. The highest BCUT2D eigenvalue weighted by atomic mass is 19.1. The van der Waals surface area contributed by atoms with Crippen molar-refractivity contribution < 1.29 is 4.39 Å². The van der Waals surface area contributed by atoms with Crippen molar-refractivity contribution in [3.63, 3.8) is 0 Å². The smallest absolute Gasteiger partial charge is 0.123 e. The molecule has 0 saturated heterocycles. The van der Waals surface area contributed by atoms with Crippen LogP contribution in [0.3, 0.4) is 0 Å². The summed E-state index contributed by atoms with van der Waals surface area (Å²) in [5.74, 6) is 0.681. The van der Waals surface area contributed by atoms with Crippen LogP contribution in [0.1, 0.15) is 29.5 Å². The molecule has 1 aliphatic carbocycles. The number of hydrogen-bond donors (Lipinski definition) is 1. The molecular weight excluding hydrogens is 297 g/mol. The van der Waals surface area contributed by atoms with Gasteiger partial charge in [-0.3, -0.25) is 0 Å². The third-order valence-electron chi connectivity index (χ3n) is 5.47. The van der Waals surface area contributed by atoms with Gasteiger partial charge in [0.25, 0.3) is 0 Å². The van der Waals surface area contributed by atoms with Crippen LogP contribution in [0, 0.1) is 11.7 Å². The number of benzene rings is 3. The third-order valence-corrected chi connectivity index (χ3v) is 5.47. The molecule has 0 bridgehead atoms. The molecule has 1 heterocycles. The van der Waals surface area contributed by atoms with Crippen LogP contribution in [0.4, 0.5) is 10.1 Å². The van der Waals surface area contributed by atoms with Crippen molar-refractivity contribution in [2.24, 2.45) is 5.92 Å². The largest absolute Gasteiger partial charge is 0.377 e. The van der Waals surface area contributed by atoms with Gasteiger partial charge in [0, 0.05) is 17.0 Å². The molecule has 2 heteroatoms. The molecule has 1 N–H and O–H groups in total. The molecule has 3 aromatic rings. The summed E-state index contributed by atoms with van der Waals surface area (Å²) in [6.07, 6.45) is 5.63. The van der Waals surface area contributed by atoms with E-state index < -0.39 is 0 Å². The van der Waals surface area contributed by atoms with Gasteiger partial charge in [-0.2, -0.15) is 0 Å². The van der Waals surface area contributed by atoms with Crippen molar-refractivity contribution in [2.45, 2.75) is 18.4 Å². The van der Waals surface area contributed by atoms with E-state index in [4.69, 9.17) is 0 Å². The summed E-state index contributed by atoms with van der Waals surface area (Å²) in [6.45, 7) is 0. The average molecular weight is 315 g/mol. The van der Waals surface area contributed by atoms with Gasteiger partial charge >= 0.3 is 0 Å². The molecule has 1 aliphatic heterocycles. The monoisotopic (exact) mass is 315 g/mol. The van der Waals surface area contributed by atoms with Gasteiger partial charge < -0.3 is 5.32 Å². The highest BCUT2D eigenvalue weighted by Gasteiger charge is 2.38. The van der Waals surface area contributed by atoms with Gasteiger partial charge in [0.2, 0.25) is 0 Å². The molecule has 0 spiro atoms. The van der Waals surface area contributed by atoms with Gasteiger partial charge in [0.1, 0.15) is 5.82 Å². The van der Waals surface area contributed by atoms with Gasteiger partial charge in [-0.05, 0) is 41.0 Å². The molecule has 3 atom stereocenters. The second kappa shape index (κ2) is 5.20. The SMILES string of the molecule is Fc1cccc([C@@H]2Nc3c(ccc4ccccc34)[C@@H]3C=CC[C@H]32)c1. The van der Waals surface area contributed by atoms with Gasteiger partial charge in [0.15, 0.2) is 0 Å². The van der Waals surface area contributed by atoms with Crippen LogP contribution in [0.2, 0.25) is 0 Å². The van der Waals surface area contributed by atoms with Crippen LogP contribution in [-0.2, 0) is 0 Å². The van der Waals surface area contributed by atoms with Crippen LogP contribution in [0.15, 0.2) is 72.8 Å². The Morgan fingerprint density at radius 1 is 0.958 bits per heavy atom. The molecule has 5 rings (SSSR count). The van der Waals surface area contributed by atoms with Crippen molar-refractivity contribution in [3.8, 4) is 0 Å². The first kappa shape index (κ1) is 13.8. The Morgan fingerprint density at radius 3 is 2.79 bits per heavy atom. The molecular formula is C22H18FN. The van der Waals surface area contributed by atoms with Gasteiger partial charge in [-0.1, -0.05) is 60.7 Å². The lowest BCUT2D eigenvalue weighted by Crippen LogP contribution is -2.29. The first-order chi connectivity index (χ1) is 11.8. The minimum absolute atomic E-state index is 0.138. The lowest BCUT2D eigenvalue weighted by Gasteiger charge is -2.38. The highest BCUT2D eigenvalue weighted by Crippen LogP contribution is 2.51. The van der Waals surface area contributed by atoms with Gasteiger partial charge in [-0.15, -0.1) is 0 Å². The average Bonchev–Trinajstić information content (AvgIpc) is 3.10. The first-order valence-corrected chi connectivity index (χ1v) is 8.51. The Morgan fingerprint density at radius 2 is 1.88 bits per heavy atom. The summed E-state index contributed by atoms with van der Waals surface area (Å²) in [5, 5.41) is 6.23. The van der Waals surface area contributed by atoms with E-state index in [1.165, 1.54) is 28.1 Å².